The van der Waals surface area contributed by atoms with E-state index in [0.717, 1.165) is 0 Å². The third kappa shape index (κ3) is 7.05. The number of aliphatic carboxylic acids is 2. The largest absolute Gasteiger partial charge is 0.481 e. The zero-order valence-corrected chi connectivity index (χ0v) is 15.1. The number of H-pyrrole nitrogens is 1. The zero-order chi connectivity index (χ0) is 20.6. The second kappa shape index (κ2) is 10.3. The Balaban J connectivity index is 2.81. The van der Waals surface area contributed by atoms with Crippen molar-refractivity contribution >= 4 is 23.8 Å². The van der Waals surface area contributed by atoms with Crippen LogP contribution in [0.5, 0.6) is 0 Å². The van der Waals surface area contributed by atoms with Crippen LogP contribution in [0.15, 0.2) is 12.5 Å². The van der Waals surface area contributed by atoms with Crippen molar-refractivity contribution in [2.75, 3.05) is 0 Å². The summed E-state index contributed by atoms with van der Waals surface area (Å²) < 4.78 is 0. The van der Waals surface area contributed by atoms with Crippen LogP contribution in [-0.2, 0) is 25.6 Å². The number of carboxylic acid groups (broad SMARTS) is 2. The number of carbonyl (C=O) groups is 4. The molecule has 27 heavy (non-hydrogen) atoms. The van der Waals surface area contributed by atoms with E-state index in [-0.39, 0.29) is 12.3 Å². The van der Waals surface area contributed by atoms with Gasteiger partial charge in [-0.3, -0.25) is 14.4 Å². The predicted molar refractivity (Wildman–Crippen MR) is 93.5 cm³/mol. The fourth-order valence-electron chi connectivity index (χ4n) is 2.32. The molecule has 1 rings (SSSR count). The van der Waals surface area contributed by atoms with Crippen LogP contribution >= 0.6 is 0 Å². The molecule has 0 saturated carbocycles. The summed E-state index contributed by atoms with van der Waals surface area (Å²) in [4.78, 5) is 53.4. The van der Waals surface area contributed by atoms with Gasteiger partial charge in [0.1, 0.15) is 12.1 Å². The van der Waals surface area contributed by atoms with E-state index < -0.39 is 48.3 Å². The highest BCUT2D eigenvalue weighted by atomic mass is 16.4. The number of carboxylic acids is 2. The van der Waals surface area contributed by atoms with Gasteiger partial charge in [0.2, 0.25) is 11.8 Å². The van der Waals surface area contributed by atoms with E-state index in [1.165, 1.54) is 12.5 Å². The Kier molecular flexibility index (Phi) is 8.39. The van der Waals surface area contributed by atoms with E-state index in [1.54, 1.807) is 13.8 Å². The first kappa shape index (κ1) is 22.1. The summed E-state index contributed by atoms with van der Waals surface area (Å²) in [5.74, 6) is -4.54. The normalized spacial score (nSPS) is 15.2. The Bertz CT molecular complexity index is 662. The Morgan fingerprint density at radius 3 is 2.37 bits per heavy atom. The molecule has 1 heterocycles. The van der Waals surface area contributed by atoms with Gasteiger partial charge in [0.15, 0.2) is 0 Å². The maximum Gasteiger partial charge on any atom is 0.326 e. The predicted octanol–water partition coefficient (Wildman–Crippen LogP) is -1.15. The van der Waals surface area contributed by atoms with Gasteiger partial charge in [0.25, 0.3) is 0 Å². The standard InChI is InChI=1S/C16H25N5O6/c1-3-8(2)13(15(25)20-11(16(26)27)5-12(22)23)21-14(24)10(17)4-9-6-18-7-19-9/h6-8,10-11,13H,3-5,17H2,1-2H3,(H,18,19)(H,20,25)(H,21,24)(H,22,23)(H,26,27). The zero-order valence-electron chi connectivity index (χ0n) is 15.1. The fourth-order valence-corrected chi connectivity index (χ4v) is 2.32. The van der Waals surface area contributed by atoms with E-state index in [0.29, 0.717) is 12.1 Å². The maximum absolute atomic E-state index is 12.5. The topological polar surface area (TPSA) is 187 Å². The van der Waals surface area contributed by atoms with Gasteiger partial charge < -0.3 is 31.6 Å². The van der Waals surface area contributed by atoms with E-state index in [4.69, 9.17) is 15.9 Å². The molecule has 0 spiro atoms. The Morgan fingerprint density at radius 1 is 1.22 bits per heavy atom. The van der Waals surface area contributed by atoms with Gasteiger partial charge in [-0.25, -0.2) is 9.78 Å². The molecule has 2 amide bonds. The number of imidazole rings is 1. The van der Waals surface area contributed by atoms with Crippen LogP contribution in [-0.4, -0.2) is 62.1 Å². The molecule has 0 radical (unpaired) electrons. The third-order valence-corrected chi connectivity index (χ3v) is 4.12. The molecule has 11 heteroatoms. The second-order valence-electron chi connectivity index (χ2n) is 6.26. The first-order valence-corrected chi connectivity index (χ1v) is 8.43. The van der Waals surface area contributed by atoms with Crippen molar-refractivity contribution in [3.05, 3.63) is 18.2 Å². The SMILES string of the molecule is CCC(C)C(NC(=O)C(N)Cc1cnc[nH]1)C(=O)NC(CC(=O)O)C(=O)O. The van der Waals surface area contributed by atoms with Gasteiger partial charge in [0.05, 0.1) is 18.8 Å². The van der Waals surface area contributed by atoms with Crippen molar-refractivity contribution in [2.24, 2.45) is 11.7 Å². The lowest BCUT2D eigenvalue weighted by molar-refractivity contribution is -0.147. The maximum atomic E-state index is 12.5. The molecule has 0 aliphatic carbocycles. The minimum absolute atomic E-state index is 0.178. The molecule has 4 unspecified atom stereocenters. The number of hydrogen-bond donors (Lipinski definition) is 6. The van der Waals surface area contributed by atoms with Crippen molar-refractivity contribution in [3.63, 3.8) is 0 Å². The van der Waals surface area contributed by atoms with Crippen LogP contribution in [0.3, 0.4) is 0 Å². The molecule has 0 aromatic carbocycles. The van der Waals surface area contributed by atoms with Gasteiger partial charge >= 0.3 is 11.9 Å². The molecule has 150 valence electrons. The number of amides is 2. The average molecular weight is 383 g/mol. The molecule has 11 nitrogen and oxygen atoms in total. The number of nitrogens with one attached hydrogen (secondary N) is 3. The molecule has 0 bridgehead atoms. The first-order chi connectivity index (χ1) is 12.6. The molecule has 1 aromatic heterocycles. The summed E-state index contributed by atoms with van der Waals surface area (Å²) in [6, 6.07) is -3.60. The van der Waals surface area contributed by atoms with Crippen LogP contribution in [0.4, 0.5) is 0 Å². The van der Waals surface area contributed by atoms with Gasteiger partial charge in [0, 0.05) is 18.3 Å². The van der Waals surface area contributed by atoms with Crippen molar-refractivity contribution in [1.82, 2.24) is 20.6 Å². The van der Waals surface area contributed by atoms with E-state index in [1.807, 2.05) is 0 Å². The number of aromatic amines is 1. The lowest BCUT2D eigenvalue weighted by Crippen LogP contribution is -2.57. The van der Waals surface area contributed by atoms with Crippen molar-refractivity contribution in [2.45, 2.75) is 51.2 Å². The second-order valence-corrected chi connectivity index (χ2v) is 6.26. The molecule has 0 aliphatic rings. The molecule has 4 atom stereocenters. The minimum Gasteiger partial charge on any atom is -0.481 e. The quantitative estimate of drug-likeness (QED) is 0.276. The summed E-state index contributed by atoms with van der Waals surface area (Å²) in [5.41, 5.74) is 6.50. The Morgan fingerprint density at radius 2 is 1.89 bits per heavy atom. The van der Waals surface area contributed by atoms with Gasteiger partial charge in [-0.05, 0) is 5.92 Å². The van der Waals surface area contributed by atoms with Gasteiger partial charge in [-0.1, -0.05) is 20.3 Å². The number of rotatable bonds is 11. The number of aromatic nitrogens is 2. The summed E-state index contributed by atoms with van der Waals surface area (Å²) in [6.45, 7) is 3.51. The fraction of sp³-hybridized carbons (Fsp3) is 0.562. The summed E-state index contributed by atoms with van der Waals surface area (Å²) in [7, 11) is 0. The monoisotopic (exact) mass is 383 g/mol. The van der Waals surface area contributed by atoms with Crippen LogP contribution in [0.25, 0.3) is 0 Å². The molecular formula is C16H25N5O6. The van der Waals surface area contributed by atoms with Crippen LogP contribution in [0, 0.1) is 5.92 Å². The van der Waals surface area contributed by atoms with Crippen LogP contribution in [0.1, 0.15) is 32.4 Å². The molecule has 0 aliphatic heterocycles. The number of nitrogens with two attached hydrogens (primary N) is 1. The molecular weight excluding hydrogens is 358 g/mol. The Labute approximate surface area is 155 Å². The Hall–Kier alpha value is -2.95. The lowest BCUT2D eigenvalue weighted by atomic mass is 9.97. The molecule has 0 saturated heterocycles. The highest BCUT2D eigenvalue weighted by molar-refractivity contribution is 5.93. The average Bonchev–Trinajstić information content (AvgIpc) is 3.10. The smallest absolute Gasteiger partial charge is 0.326 e. The molecule has 1 aromatic rings. The highest BCUT2D eigenvalue weighted by Gasteiger charge is 2.31. The van der Waals surface area contributed by atoms with Crippen LogP contribution < -0.4 is 16.4 Å². The molecule has 0 fully saturated rings. The highest BCUT2D eigenvalue weighted by Crippen LogP contribution is 2.10. The van der Waals surface area contributed by atoms with Crippen molar-refractivity contribution in [3.8, 4) is 0 Å². The number of carbonyl (C=O) groups excluding carboxylic acids is 2. The third-order valence-electron chi connectivity index (χ3n) is 4.12. The molecule has 7 N–H and O–H groups in total. The van der Waals surface area contributed by atoms with E-state index >= 15 is 0 Å². The van der Waals surface area contributed by atoms with Crippen molar-refractivity contribution < 1.29 is 29.4 Å². The first-order valence-electron chi connectivity index (χ1n) is 8.43. The van der Waals surface area contributed by atoms with Crippen molar-refractivity contribution in [1.29, 1.82) is 0 Å². The van der Waals surface area contributed by atoms with E-state index in [9.17, 15) is 19.2 Å². The van der Waals surface area contributed by atoms with Crippen LogP contribution in [0.2, 0.25) is 0 Å². The van der Waals surface area contributed by atoms with E-state index in [2.05, 4.69) is 20.6 Å². The lowest BCUT2D eigenvalue weighted by Gasteiger charge is -2.26. The summed E-state index contributed by atoms with van der Waals surface area (Å²) in [6.07, 6.45) is 2.89. The van der Waals surface area contributed by atoms with Gasteiger partial charge in [-0.15, -0.1) is 0 Å². The van der Waals surface area contributed by atoms with Gasteiger partial charge in [-0.2, -0.15) is 0 Å². The minimum atomic E-state index is -1.60. The summed E-state index contributed by atoms with van der Waals surface area (Å²) >= 11 is 0. The summed E-state index contributed by atoms with van der Waals surface area (Å²) in [5, 5.41) is 22.5. The number of hydrogen-bond acceptors (Lipinski definition) is 6. The number of nitrogens with zero attached hydrogens (tertiary/aromatic N) is 1.